The van der Waals surface area contributed by atoms with Crippen LogP contribution in [0.3, 0.4) is 0 Å². The zero-order chi connectivity index (χ0) is 17.9. The standard InChI is InChI=1S/C16H19N3O5/c1-18(2)15(22)10-4-5-13(24-3)11(8-10)17-12-9-14(21)19(6-7-20)16(12)23/h4-5,8-9,17,20H,6-7H2,1-3H3. The van der Waals surface area contributed by atoms with Gasteiger partial charge < -0.3 is 20.1 Å². The van der Waals surface area contributed by atoms with E-state index in [1.165, 1.54) is 12.0 Å². The zero-order valence-electron chi connectivity index (χ0n) is 13.7. The summed E-state index contributed by atoms with van der Waals surface area (Å²) in [6.07, 6.45) is 1.15. The lowest BCUT2D eigenvalue weighted by Crippen LogP contribution is -2.34. The van der Waals surface area contributed by atoms with Crippen molar-refractivity contribution in [1.29, 1.82) is 0 Å². The molecule has 1 aromatic carbocycles. The van der Waals surface area contributed by atoms with E-state index in [-0.39, 0.29) is 24.8 Å². The average molecular weight is 333 g/mol. The van der Waals surface area contributed by atoms with Gasteiger partial charge in [-0.05, 0) is 18.2 Å². The number of hydrogen-bond acceptors (Lipinski definition) is 6. The van der Waals surface area contributed by atoms with E-state index < -0.39 is 11.8 Å². The Balaban J connectivity index is 2.30. The van der Waals surface area contributed by atoms with Crippen molar-refractivity contribution in [3.63, 3.8) is 0 Å². The molecule has 0 radical (unpaired) electrons. The monoisotopic (exact) mass is 333 g/mol. The number of β-amino-alcohol motifs (C(OH)–C–C–N with tert-alkyl or cyclic N) is 1. The van der Waals surface area contributed by atoms with Crippen LogP contribution in [0.4, 0.5) is 5.69 Å². The molecule has 0 atom stereocenters. The quantitative estimate of drug-likeness (QED) is 0.714. The van der Waals surface area contributed by atoms with Crippen molar-refractivity contribution in [2.75, 3.05) is 39.7 Å². The van der Waals surface area contributed by atoms with Crippen LogP contribution in [-0.2, 0) is 9.59 Å². The minimum absolute atomic E-state index is 0.0567. The molecule has 0 aromatic heterocycles. The fourth-order valence-electron chi connectivity index (χ4n) is 2.25. The van der Waals surface area contributed by atoms with Crippen LogP contribution >= 0.6 is 0 Å². The van der Waals surface area contributed by atoms with Crippen molar-refractivity contribution in [2.24, 2.45) is 0 Å². The molecule has 1 aliphatic heterocycles. The lowest BCUT2D eigenvalue weighted by Gasteiger charge is -2.16. The number of nitrogens with zero attached hydrogens (tertiary/aromatic N) is 2. The molecule has 128 valence electrons. The number of ether oxygens (including phenoxy) is 1. The second-order valence-electron chi connectivity index (χ2n) is 5.32. The number of carbonyl (C=O) groups excluding carboxylic acids is 3. The highest BCUT2D eigenvalue weighted by Gasteiger charge is 2.31. The Hall–Kier alpha value is -2.87. The lowest BCUT2D eigenvalue weighted by atomic mass is 10.1. The van der Waals surface area contributed by atoms with E-state index in [1.54, 1.807) is 32.3 Å². The molecule has 1 heterocycles. The SMILES string of the molecule is COc1ccc(C(=O)N(C)C)cc1NC1=CC(=O)N(CCO)C1=O. The maximum Gasteiger partial charge on any atom is 0.277 e. The minimum atomic E-state index is -0.541. The summed E-state index contributed by atoms with van der Waals surface area (Å²) in [6, 6.07) is 4.77. The first kappa shape index (κ1) is 17.5. The van der Waals surface area contributed by atoms with E-state index >= 15 is 0 Å². The molecule has 0 saturated heterocycles. The van der Waals surface area contributed by atoms with Crippen molar-refractivity contribution in [2.45, 2.75) is 0 Å². The molecule has 3 amide bonds. The third-order valence-electron chi connectivity index (χ3n) is 3.45. The van der Waals surface area contributed by atoms with Crippen molar-refractivity contribution >= 4 is 23.4 Å². The fourth-order valence-corrected chi connectivity index (χ4v) is 2.25. The predicted molar refractivity (Wildman–Crippen MR) is 86.5 cm³/mol. The van der Waals surface area contributed by atoms with Gasteiger partial charge in [-0.15, -0.1) is 0 Å². The van der Waals surface area contributed by atoms with Crippen LogP contribution in [-0.4, -0.2) is 67.0 Å². The summed E-state index contributed by atoms with van der Waals surface area (Å²) in [5.41, 5.74) is 0.859. The number of amides is 3. The molecule has 1 aliphatic rings. The topological polar surface area (TPSA) is 99.2 Å². The molecule has 24 heavy (non-hydrogen) atoms. The highest BCUT2D eigenvalue weighted by Crippen LogP contribution is 2.28. The second kappa shape index (κ2) is 7.14. The number of nitrogens with one attached hydrogen (secondary N) is 1. The third kappa shape index (κ3) is 3.38. The number of aliphatic hydroxyl groups excluding tert-OH is 1. The first-order chi connectivity index (χ1) is 11.4. The molecule has 1 aromatic rings. The van der Waals surface area contributed by atoms with Crippen molar-refractivity contribution < 1.29 is 24.2 Å². The van der Waals surface area contributed by atoms with Gasteiger partial charge in [0.05, 0.1) is 25.9 Å². The third-order valence-corrected chi connectivity index (χ3v) is 3.45. The highest BCUT2D eigenvalue weighted by atomic mass is 16.5. The maximum atomic E-state index is 12.2. The number of hydrogen-bond donors (Lipinski definition) is 2. The normalized spacial score (nSPS) is 13.8. The molecular formula is C16H19N3O5. The molecule has 2 rings (SSSR count). The smallest absolute Gasteiger partial charge is 0.277 e. The number of anilines is 1. The summed E-state index contributed by atoms with van der Waals surface area (Å²) < 4.78 is 5.22. The maximum absolute atomic E-state index is 12.2. The van der Waals surface area contributed by atoms with Crippen LogP contribution in [0.15, 0.2) is 30.0 Å². The van der Waals surface area contributed by atoms with Crippen molar-refractivity contribution in [1.82, 2.24) is 9.80 Å². The average Bonchev–Trinajstić information content (AvgIpc) is 2.82. The lowest BCUT2D eigenvalue weighted by molar-refractivity contribution is -0.137. The summed E-state index contributed by atoms with van der Waals surface area (Å²) in [4.78, 5) is 38.4. The minimum Gasteiger partial charge on any atom is -0.495 e. The van der Waals surface area contributed by atoms with Gasteiger partial charge in [-0.3, -0.25) is 19.3 Å². The first-order valence-corrected chi connectivity index (χ1v) is 7.24. The van der Waals surface area contributed by atoms with Gasteiger partial charge in [0.2, 0.25) is 0 Å². The van der Waals surface area contributed by atoms with E-state index in [9.17, 15) is 14.4 Å². The Labute approximate surface area is 139 Å². The predicted octanol–water partition coefficient (Wildman–Crippen LogP) is 0.0539. The summed E-state index contributed by atoms with van der Waals surface area (Å²) in [6.45, 7) is -0.385. The van der Waals surface area contributed by atoms with Crippen molar-refractivity contribution in [3.8, 4) is 5.75 Å². The molecular weight excluding hydrogens is 314 g/mol. The number of carbonyl (C=O) groups is 3. The molecule has 0 bridgehead atoms. The summed E-state index contributed by atoms with van der Waals surface area (Å²) in [5, 5.41) is 11.8. The second-order valence-corrected chi connectivity index (χ2v) is 5.32. The van der Waals surface area contributed by atoms with Crippen LogP contribution in [0.5, 0.6) is 5.75 Å². The Kier molecular flexibility index (Phi) is 5.20. The molecule has 0 unspecified atom stereocenters. The van der Waals surface area contributed by atoms with Crippen LogP contribution in [0, 0.1) is 0 Å². The highest BCUT2D eigenvalue weighted by molar-refractivity contribution is 6.17. The van der Waals surface area contributed by atoms with Gasteiger partial charge in [0.15, 0.2) is 0 Å². The largest absolute Gasteiger partial charge is 0.495 e. The van der Waals surface area contributed by atoms with Crippen LogP contribution in [0.25, 0.3) is 0 Å². The molecule has 0 saturated carbocycles. The van der Waals surface area contributed by atoms with Gasteiger partial charge in [0, 0.05) is 25.7 Å². The zero-order valence-corrected chi connectivity index (χ0v) is 13.7. The van der Waals surface area contributed by atoms with Gasteiger partial charge >= 0.3 is 0 Å². The summed E-state index contributed by atoms with van der Waals surface area (Å²) in [5.74, 6) is -0.825. The number of rotatable bonds is 6. The van der Waals surface area contributed by atoms with E-state index in [0.29, 0.717) is 17.0 Å². The molecule has 0 aliphatic carbocycles. The van der Waals surface area contributed by atoms with Gasteiger partial charge in [-0.25, -0.2) is 0 Å². The summed E-state index contributed by atoms with van der Waals surface area (Å²) >= 11 is 0. The number of benzene rings is 1. The number of imide groups is 1. The van der Waals surface area contributed by atoms with Crippen LogP contribution in [0.2, 0.25) is 0 Å². The summed E-state index contributed by atoms with van der Waals surface area (Å²) in [7, 11) is 4.73. The number of methoxy groups -OCH3 is 1. The fraction of sp³-hybridized carbons (Fsp3) is 0.312. The van der Waals surface area contributed by atoms with Crippen LogP contribution < -0.4 is 10.1 Å². The molecule has 0 fully saturated rings. The number of aliphatic hydroxyl groups is 1. The molecule has 8 heteroatoms. The van der Waals surface area contributed by atoms with E-state index in [1.807, 2.05) is 0 Å². The van der Waals surface area contributed by atoms with Gasteiger partial charge in [0.1, 0.15) is 11.4 Å². The van der Waals surface area contributed by atoms with Gasteiger partial charge in [0.25, 0.3) is 17.7 Å². The van der Waals surface area contributed by atoms with E-state index in [0.717, 1.165) is 11.0 Å². The van der Waals surface area contributed by atoms with E-state index in [4.69, 9.17) is 9.84 Å². The van der Waals surface area contributed by atoms with Crippen LogP contribution in [0.1, 0.15) is 10.4 Å². The Morgan fingerprint density at radius 2 is 2.04 bits per heavy atom. The van der Waals surface area contributed by atoms with Gasteiger partial charge in [-0.2, -0.15) is 0 Å². The Morgan fingerprint density at radius 3 is 2.62 bits per heavy atom. The molecule has 2 N–H and O–H groups in total. The molecule has 8 nitrogen and oxygen atoms in total. The molecule has 0 spiro atoms. The van der Waals surface area contributed by atoms with Gasteiger partial charge in [-0.1, -0.05) is 0 Å². The Morgan fingerprint density at radius 1 is 1.33 bits per heavy atom. The van der Waals surface area contributed by atoms with E-state index in [2.05, 4.69) is 5.32 Å². The Bertz CT molecular complexity index is 712. The van der Waals surface area contributed by atoms with Crippen molar-refractivity contribution in [3.05, 3.63) is 35.5 Å². The first-order valence-electron chi connectivity index (χ1n) is 7.24.